The monoisotopic (exact) mass is 435 g/mol. The van der Waals surface area contributed by atoms with Crippen LogP contribution in [0.15, 0.2) is 53.7 Å². The number of hydrogen-bond acceptors (Lipinski definition) is 5. The summed E-state index contributed by atoms with van der Waals surface area (Å²) in [5.74, 6) is 1.25. The lowest BCUT2D eigenvalue weighted by Crippen LogP contribution is -2.19. The van der Waals surface area contributed by atoms with Crippen molar-refractivity contribution in [1.82, 2.24) is 14.8 Å². The predicted molar refractivity (Wildman–Crippen MR) is 123 cm³/mol. The lowest BCUT2D eigenvalue weighted by atomic mass is 10.1. The molecule has 31 heavy (non-hydrogen) atoms. The topological polar surface area (TPSA) is 88.9 Å². The number of aryl methyl sites for hydroxylation is 1. The van der Waals surface area contributed by atoms with Crippen LogP contribution in [-0.2, 0) is 11.3 Å². The molecule has 0 spiro atoms. The number of thioether (sulfide) groups is 1. The number of nitrogens with zero attached hydrogens (tertiary/aromatic N) is 3. The van der Waals surface area contributed by atoms with E-state index in [0.29, 0.717) is 22.9 Å². The fourth-order valence-corrected chi connectivity index (χ4v) is 4.18. The fourth-order valence-electron chi connectivity index (χ4n) is 3.38. The van der Waals surface area contributed by atoms with Gasteiger partial charge in [0.15, 0.2) is 5.16 Å². The Morgan fingerprint density at radius 2 is 1.90 bits per heavy atom. The standard InChI is InChI=1S/C23H25N5O2S/c1-3-28-21(16-11-12-16)26-27-23(28)31-14-20(29)25-19-10-5-4-9-18(19)22(30)24-17-8-6-7-15(2)13-17/h4-10,13,16H,3,11-12,14H2,1-2H3,(H,24,30)(H,25,29). The van der Waals surface area contributed by atoms with Gasteiger partial charge in [-0.05, 0) is 56.5 Å². The van der Waals surface area contributed by atoms with E-state index in [-0.39, 0.29) is 17.6 Å². The zero-order valence-corrected chi connectivity index (χ0v) is 18.4. The molecule has 2 N–H and O–H groups in total. The van der Waals surface area contributed by atoms with Crippen molar-refractivity contribution in [3.63, 3.8) is 0 Å². The summed E-state index contributed by atoms with van der Waals surface area (Å²) in [5.41, 5.74) is 2.66. The quantitative estimate of drug-likeness (QED) is 0.510. The minimum absolute atomic E-state index is 0.191. The first-order valence-electron chi connectivity index (χ1n) is 10.4. The number of benzene rings is 2. The summed E-state index contributed by atoms with van der Waals surface area (Å²) in [6, 6.07) is 14.6. The van der Waals surface area contributed by atoms with Gasteiger partial charge in [0.2, 0.25) is 5.91 Å². The molecule has 0 unspecified atom stereocenters. The van der Waals surface area contributed by atoms with Crippen molar-refractivity contribution >= 4 is 35.0 Å². The number of carbonyl (C=O) groups is 2. The minimum Gasteiger partial charge on any atom is -0.325 e. The Morgan fingerprint density at radius 1 is 1.10 bits per heavy atom. The lowest BCUT2D eigenvalue weighted by molar-refractivity contribution is -0.113. The number of hydrogen-bond donors (Lipinski definition) is 2. The van der Waals surface area contributed by atoms with E-state index in [0.717, 1.165) is 35.9 Å². The zero-order valence-electron chi connectivity index (χ0n) is 17.6. The smallest absolute Gasteiger partial charge is 0.257 e. The van der Waals surface area contributed by atoms with Crippen molar-refractivity contribution in [2.45, 2.75) is 44.3 Å². The highest BCUT2D eigenvalue weighted by Gasteiger charge is 2.30. The van der Waals surface area contributed by atoms with Crippen LogP contribution in [0.3, 0.4) is 0 Å². The molecule has 7 nitrogen and oxygen atoms in total. The van der Waals surface area contributed by atoms with Gasteiger partial charge in [-0.2, -0.15) is 0 Å². The summed E-state index contributed by atoms with van der Waals surface area (Å²) in [7, 11) is 0. The van der Waals surface area contributed by atoms with Gasteiger partial charge in [0, 0.05) is 18.2 Å². The molecule has 2 aromatic carbocycles. The van der Waals surface area contributed by atoms with Crippen molar-refractivity contribution in [2.24, 2.45) is 0 Å². The highest BCUT2D eigenvalue weighted by molar-refractivity contribution is 7.99. The van der Waals surface area contributed by atoms with Gasteiger partial charge < -0.3 is 15.2 Å². The molecular formula is C23H25N5O2S. The van der Waals surface area contributed by atoms with Gasteiger partial charge in [0.1, 0.15) is 5.82 Å². The molecule has 1 saturated carbocycles. The molecule has 0 radical (unpaired) electrons. The number of aromatic nitrogens is 3. The van der Waals surface area contributed by atoms with Crippen LogP contribution in [0.5, 0.6) is 0 Å². The van der Waals surface area contributed by atoms with Crippen LogP contribution in [0, 0.1) is 6.92 Å². The highest BCUT2D eigenvalue weighted by atomic mass is 32.2. The maximum Gasteiger partial charge on any atom is 0.257 e. The molecule has 0 aliphatic heterocycles. The Morgan fingerprint density at radius 3 is 2.65 bits per heavy atom. The van der Waals surface area contributed by atoms with Crippen LogP contribution in [0.1, 0.15) is 47.4 Å². The molecule has 0 saturated heterocycles. The molecule has 1 aromatic heterocycles. The van der Waals surface area contributed by atoms with Crippen LogP contribution in [0.25, 0.3) is 0 Å². The zero-order chi connectivity index (χ0) is 21.8. The Hall–Kier alpha value is -3.13. The Labute approximate surface area is 185 Å². The van der Waals surface area contributed by atoms with Crippen molar-refractivity contribution in [2.75, 3.05) is 16.4 Å². The SMILES string of the molecule is CCn1c(SCC(=O)Nc2ccccc2C(=O)Nc2cccc(C)c2)nnc1C1CC1. The van der Waals surface area contributed by atoms with E-state index >= 15 is 0 Å². The van der Waals surface area contributed by atoms with E-state index in [1.54, 1.807) is 24.3 Å². The van der Waals surface area contributed by atoms with Gasteiger partial charge in [0.05, 0.1) is 17.0 Å². The molecule has 1 aliphatic carbocycles. The third-order valence-electron chi connectivity index (χ3n) is 5.06. The van der Waals surface area contributed by atoms with Crippen molar-refractivity contribution in [3.05, 3.63) is 65.5 Å². The predicted octanol–water partition coefficient (Wildman–Crippen LogP) is 4.47. The molecule has 2 amide bonds. The van der Waals surface area contributed by atoms with E-state index in [9.17, 15) is 9.59 Å². The molecule has 1 fully saturated rings. The number of amides is 2. The first-order valence-corrected chi connectivity index (χ1v) is 11.4. The molecule has 0 bridgehead atoms. The molecule has 160 valence electrons. The molecule has 4 rings (SSSR count). The summed E-state index contributed by atoms with van der Waals surface area (Å²) in [6.07, 6.45) is 2.31. The maximum atomic E-state index is 12.8. The third kappa shape index (κ3) is 5.14. The summed E-state index contributed by atoms with van der Waals surface area (Å²) in [6.45, 7) is 4.81. The average molecular weight is 436 g/mol. The second kappa shape index (κ2) is 9.34. The van der Waals surface area contributed by atoms with E-state index in [2.05, 4.69) is 32.3 Å². The Balaban J connectivity index is 1.40. The summed E-state index contributed by atoms with van der Waals surface area (Å²) < 4.78 is 2.08. The van der Waals surface area contributed by atoms with Gasteiger partial charge in [-0.25, -0.2) is 0 Å². The van der Waals surface area contributed by atoms with Crippen molar-refractivity contribution < 1.29 is 9.59 Å². The fraction of sp³-hybridized carbons (Fsp3) is 0.304. The number of rotatable bonds is 8. The lowest BCUT2D eigenvalue weighted by Gasteiger charge is -2.12. The van der Waals surface area contributed by atoms with Crippen LogP contribution in [-0.4, -0.2) is 32.3 Å². The van der Waals surface area contributed by atoms with Gasteiger partial charge >= 0.3 is 0 Å². The summed E-state index contributed by atoms with van der Waals surface area (Å²) in [4.78, 5) is 25.4. The number of anilines is 2. The average Bonchev–Trinajstić information content (AvgIpc) is 3.52. The first kappa shape index (κ1) is 21.1. The Kier molecular flexibility index (Phi) is 6.36. The summed E-state index contributed by atoms with van der Waals surface area (Å²) in [5, 5.41) is 15.1. The second-order valence-electron chi connectivity index (χ2n) is 7.57. The molecule has 0 atom stereocenters. The minimum atomic E-state index is -0.269. The van der Waals surface area contributed by atoms with E-state index in [4.69, 9.17) is 0 Å². The van der Waals surface area contributed by atoms with Crippen LogP contribution >= 0.6 is 11.8 Å². The van der Waals surface area contributed by atoms with Crippen molar-refractivity contribution in [1.29, 1.82) is 0 Å². The normalized spacial score (nSPS) is 13.1. The van der Waals surface area contributed by atoms with Crippen LogP contribution in [0.2, 0.25) is 0 Å². The number of nitrogens with one attached hydrogen (secondary N) is 2. The van der Waals surface area contributed by atoms with E-state index < -0.39 is 0 Å². The van der Waals surface area contributed by atoms with Crippen LogP contribution < -0.4 is 10.6 Å². The van der Waals surface area contributed by atoms with E-state index in [1.165, 1.54) is 11.8 Å². The summed E-state index contributed by atoms with van der Waals surface area (Å²) >= 11 is 1.36. The molecule has 1 aliphatic rings. The van der Waals surface area contributed by atoms with Gasteiger partial charge in [-0.1, -0.05) is 36.0 Å². The first-order chi connectivity index (χ1) is 15.0. The maximum absolute atomic E-state index is 12.8. The van der Waals surface area contributed by atoms with E-state index in [1.807, 2.05) is 31.2 Å². The largest absolute Gasteiger partial charge is 0.325 e. The van der Waals surface area contributed by atoms with Gasteiger partial charge in [-0.15, -0.1) is 10.2 Å². The molecule has 3 aromatic rings. The molecular weight excluding hydrogens is 410 g/mol. The Bertz CT molecular complexity index is 1110. The third-order valence-corrected chi connectivity index (χ3v) is 6.03. The van der Waals surface area contributed by atoms with Crippen LogP contribution in [0.4, 0.5) is 11.4 Å². The van der Waals surface area contributed by atoms with Crippen molar-refractivity contribution in [3.8, 4) is 0 Å². The second-order valence-corrected chi connectivity index (χ2v) is 8.51. The van der Waals surface area contributed by atoms with Gasteiger partial charge in [0.25, 0.3) is 5.91 Å². The molecule has 1 heterocycles. The van der Waals surface area contributed by atoms with Gasteiger partial charge in [-0.3, -0.25) is 9.59 Å². The highest BCUT2D eigenvalue weighted by Crippen LogP contribution is 2.40. The number of carbonyl (C=O) groups excluding carboxylic acids is 2. The molecule has 8 heteroatoms. The number of para-hydroxylation sites is 1.